The Bertz CT molecular complexity index is 1730. The van der Waals surface area contributed by atoms with E-state index in [9.17, 15) is 32.3 Å². The number of aliphatic imine (C=N–C) groups is 1. The summed E-state index contributed by atoms with van der Waals surface area (Å²) in [5, 5.41) is 13.5. The molecule has 1 aliphatic heterocycles. The van der Waals surface area contributed by atoms with Crippen LogP contribution in [0, 0.1) is 11.7 Å². The van der Waals surface area contributed by atoms with Crippen LogP contribution in [0.5, 0.6) is 5.75 Å². The number of hydrogen-bond acceptors (Lipinski definition) is 7. The van der Waals surface area contributed by atoms with Gasteiger partial charge in [-0.2, -0.15) is 13.2 Å². The molecular formula is C31H28ClF4N5O4. The van der Waals surface area contributed by atoms with E-state index < -0.39 is 47.1 Å². The highest BCUT2D eigenvalue weighted by atomic mass is 35.5. The average molecular weight is 646 g/mol. The number of rotatable bonds is 9. The maximum absolute atomic E-state index is 14.8. The van der Waals surface area contributed by atoms with Crippen LogP contribution in [0.4, 0.5) is 23.2 Å². The van der Waals surface area contributed by atoms with Gasteiger partial charge in [0, 0.05) is 28.5 Å². The van der Waals surface area contributed by atoms with Gasteiger partial charge in [-0.1, -0.05) is 11.6 Å². The van der Waals surface area contributed by atoms with Gasteiger partial charge in [0.2, 0.25) is 11.5 Å². The van der Waals surface area contributed by atoms with Gasteiger partial charge in [0.15, 0.2) is 0 Å². The Balaban J connectivity index is 1.41. The minimum absolute atomic E-state index is 0.00178. The van der Waals surface area contributed by atoms with E-state index in [0.29, 0.717) is 18.4 Å². The Labute approximate surface area is 259 Å². The number of nitrogens with two attached hydrogens (primary N) is 2. The van der Waals surface area contributed by atoms with Crippen LogP contribution >= 0.6 is 11.6 Å². The predicted octanol–water partition coefficient (Wildman–Crippen LogP) is 4.41. The number of benzene rings is 2. The van der Waals surface area contributed by atoms with Crippen molar-refractivity contribution >= 4 is 35.3 Å². The minimum Gasteiger partial charge on any atom is -0.489 e. The van der Waals surface area contributed by atoms with Crippen molar-refractivity contribution in [3.63, 3.8) is 0 Å². The number of primary amides is 1. The van der Waals surface area contributed by atoms with E-state index in [1.54, 1.807) is 0 Å². The Morgan fingerprint density at radius 2 is 1.84 bits per heavy atom. The van der Waals surface area contributed by atoms with Crippen LogP contribution in [0.1, 0.15) is 52.9 Å². The molecule has 2 atom stereocenters. The maximum Gasteiger partial charge on any atom is 0.424 e. The fourth-order valence-electron chi connectivity index (χ4n) is 5.54. The molecule has 2 amide bonds. The van der Waals surface area contributed by atoms with Gasteiger partial charge in [-0.3, -0.25) is 14.6 Å². The number of alkyl halides is 3. The predicted molar refractivity (Wildman–Crippen MR) is 157 cm³/mol. The van der Waals surface area contributed by atoms with Gasteiger partial charge in [-0.05, 0) is 74.1 Å². The molecule has 2 fully saturated rings. The summed E-state index contributed by atoms with van der Waals surface area (Å²) in [7, 11) is 0. The van der Waals surface area contributed by atoms with E-state index in [-0.39, 0.29) is 57.4 Å². The third kappa shape index (κ3) is 5.48. The molecule has 236 valence electrons. The minimum atomic E-state index is -5.36. The molecule has 3 aliphatic rings. The normalized spacial score (nSPS) is 20.8. The number of nitrogens with one attached hydrogen (secondary N) is 1. The molecule has 0 spiro atoms. The van der Waals surface area contributed by atoms with E-state index in [2.05, 4.69) is 15.3 Å². The zero-order valence-corrected chi connectivity index (χ0v) is 24.4. The number of nitrogen functional groups attached to an aromatic ring is 1. The molecule has 0 radical (unpaired) electrons. The summed E-state index contributed by atoms with van der Waals surface area (Å²) >= 11 is 6.20. The third-order valence-corrected chi connectivity index (χ3v) is 8.83. The fraction of sp³-hybridized carbons (Fsp3) is 0.355. The monoisotopic (exact) mass is 645 g/mol. The van der Waals surface area contributed by atoms with Gasteiger partial charge in [-0.25, -0.2) is 9.37 Å². The van der Waals surface area contributed by atoms with Crippen LogP contribution in [-0.2, 0) is 15.8 Å². The third-order valence-electron chi connectivity index (χ3n) is 8.52. The molecule has 2 aromatic carbocycles. The number of nitrogens with zero attached hydrogens (tertiary/aromatic N) is 2. The lowest BCUT2D eigenvalue weighted by Crippen LogP contribution is -2.52. The van der Waals surface area contributed by atoms with Crippen molar-refractivity contribution < 1.29 is 37.0 Å². The van der Waals surface area contributed by atoms with Gasteiger partial charge >= 0.3 is 6.18 Å². The molecule has 1 aromatic heterocycles. The number of carbonyl (C=O) groups is 2. The second-order valence-corrected chi connectivity index (χ2v) is 12.1. The van der Waals surface area contributed by atoms with Crippen molar-refractivity contribution in [2.45, 2.75) is 48.9 Å². The van der Waals surface area contributed by atoms with Crippen molar-refractivity contribution in [1.82, 2.24) is 10.3 Å². The Hall–Kier alpha value is -4.23. The number of halogens is 5. The van der Waals surface area contributed by atoms with Crippen LogP contribution in [0.2, 0.25) is 5.02 Å². The molecule has 3 aromatic rings. The molecule has 0 bridgehead atoms. The van der Waals surface area contributed by atoms with Crippen LogP contribution in [0.15, 0.2) is 47.5 Å². The Morgan fingerprint density at radius 1 is 1.16 bits per heavy atom. The van der Waals surface area contributed by atoms with Crippen molar-refractivity contribution in [3.8, 4) is 17.0 Å². The zero-order valence-electron chi connectivity index (χ0n) is 23.6. The van der Waals surface area contributed by atoms with E-state index in [1.807, 2.05) is 0 Å². The molecule has 14 heteroatoms. The molecule has 6 N–H and O–H groups in total. The summed E-state index contributed by atoms with van der Waals surface area (Å²) in [6, 6.07) is 8.39. The van der Waals surface area contributed by atoms with E-state index >= 15 is 0 Å². The number of hydrogen-bond donors (Lipinski definition) is 4. The summed E-state index contributed by atoms with van der Waals surface area (Å²) in [4.78, 5) is 34.5. The van der Waals surface area contributed by atoms with Gasteiger partial charge < -0.3 is 26.6 Å². The van der Waals surface area contributed by atoms with Crippen molar-refractivity contribution in [3.05, 3.63) is 75.7 Å². The Morgan fingerprint density at radius 3 is 2.44 bits per heavy atom. The Kier molecular flexibility index (Phi) is 7.51. The fourth-order valence-corrected chi connectivity index (χ4v) is 5.77. The summed E-state index contributed by atoms with van der Waals surface area (Å²) in [6.45, 7) is -1.58. The highest BCUT2D eigenvalue weighted by Gasteiger charge is 2.60. The molecule has 6 rings (SSSR count). The van der Waals surface area contributed by atoms with Crippen molar-refractivity contribution in [1.29, 1.82) is 0 Å². The van der Waals surface area contributed by atoms with Gasteiger partial charge in [0.25, 0.3) is 5.91 Å². The molecule has 2 heterocycles. The lowest BCUT2D eigenvalue weighted by molar-refractivity contribution is -0.265. The number of anilines is 1. The van der Waals surface area contributed by atoms with Crippen molar-refractivity contribution in [2.24, 2.45) is 16.6 Å². The van der Waals surface area contributed by atoms with Crippen LogP contribution in [-0.4, -0.2) is 53.5 Å². The first-order valence-electron chi connectivity index (χ1n) is 14.2. The van der Waals surface area contributed by atoms with E-state index in [0.717, 1.165) is 31.0 Å². The molecule has 2 saturated carbocycles. The van der Waals surface area contributed by atoms with Gasteiger partial charge in [-0.15, -0.1) is 0 Å². The number of aliphatic hydroxyl groups is 1. The number of amides is 2. The smallest absolute Gasteiger partial charge is 0.424 e. The summed E-state index contributed by atoms with van der Waals surface area (Å²) in [5.74, 6) is -2.65. The van der Waals surface area contributed by atoms with E-state index in [1.165, 1.54) is 30.5 Å². The van der Waals surface area contributed by atoms with Gasteiger partial charge in [0.1, 0.15) is 29.3 Å². The second kappa shape index (κ2) is 11.0. The standard InChI is InChI=1S/C31H28ClF4N5O4/c32-22-10-16(9-17(24(22)37)12-39-20-7-8-20)27(42)40-13-30(44,31(34,35)36)23-11-21-26(25(41-23)15-1-5-19(33)6-2-15)45-14-29(21,28(38)43)18-3-4-18/h1-2,5-6,9-12,18,20,44H,3-4,7-8,13-14,37H2,(H2,38,43)(H,40,42)/t29-,30+/m1/s1. The number of carbonyl (C=O) groups excluding carboxylic acids is 2. The number of fused-ring (bicyclic) bond motifs is 1. The molecule has 9 nitrogen and oxygen atoms in total. The zero-order chi connectivity index (χ0) is 32.3. The van der Waals surface area contributed by atoms with Crippen molar-refractivity contribution in [2.75, 3.05) is 18.9 Å². The summed E-state index contributed by atoms with van der Waals surface area (Å²) < 4.78 is 64.0. The van der Waals surface area contributed by atoms with Crippen LogP contribution in [0.25, 0.3) is 11.3 Å². The number of aromatic nitrogens is 1. The molecular weight excluding hydrogens is 618 g/mol. The molecule has 0 saturated heterocycles. The summed E-state index contributed by atoms with van der Waals surface area (Å²) in [5.41, 5.74) is 6.14. The molecule has 0 unspecified atom stereocenters. The largest absolute Gasteiger partial charge is 0.489 e. The lowest BCUT2D eigenvalue weighted by atomic mass is 9.76. The average Bonchev–Trinajstić information content (AvgIpc) is 3.94. The topological polar surface area (TPSA) is 153 Å². The van der Waals surface area contributed by atoms with Crippen LogP contribution in [0.3, 0.4) is 0 Å². The number of ether oxygens (including phenoxy) is 1. The number of pyridine rings is 1. The SMILES string of the molecule is NC(=O)[C@@]1(C2CC2)COc2c1cc([C@@](O)(CNC(=O)c1cc(Cl)c(N)c(C=NC3CC3)c1)C(F)(F)F)nc2-c1ccc(F)cc1. The van der Waals surface area contributed by atoms with Gasteiger partial charge in [0.05, 0.1) is 29.0 Å². The van der Waals surface area contributed by atoms with E-state index in [4.69, 9.17) is 27.8 Å². The van der Waals surface area contributed by atoms with Crippen LogP contribution < -0.4 is 21.5 Å². The quantitative estimate of drug-likeness (QED) is 0.154. The first-order chi connectivity index (χ1) is 21.2. The second-order valence-electron chi connectivity index (χ2n) is 11.6. The summed E-state index contributed by atoms with van der Waals surface area (Å²) in [6.07, 6.45) is -0.906. The molecule has 45 heavy (non-hydrogen) atoms. The first-order valence-corrected chi connectivity index (χ1v) is 14.6. The molecule has 2 aliphatic carbocycles. The highest BCUT2D eigenvalue weighted by Crippen LogP contribution is 2.56. The lowest BCUT2D eigenvalue weighted by Gasteiger charge is -2.32. The maximum atomic E-state index is 14.8. The first kappa shape index (κ1) is 30.8. The highest BCUT2D eigenvalue weighted by molar-refractivity contribution is 6.34.